The summed E-state index contributed by atoms with van der Waals surface area (Å²) in [6.07, 6.45) is 1.72. The second-order valence-electron chi connectivity index (χ2n) is 6.90. The number of carbonyl (C=O) groups is 1. The molecule has 1 amide bonds. The third-order valence-electron chi connectivity index (χ3n) is 5.24. The van der Waals surface area contributed by atoms with Gasteiger partial charge in [-0.1, -0.05) is 48.5 Å². The molecule has 1 aliphatic rings. The Labute approximate surface area is 167 Å². The normalized spacial score (nSPS) is 12.7. The molecule has 0 spiro atoms. The van der Waals surface area contributed by atoms with Gasteiger partial charge >= 0.3 is 0 Å². The summed E-state index contributed by atoms with van der Waals surface area (Å²) in [6.45, 7) is 2.30. The minimum absolute atomic E-state index is 0.173. The molecule has 0 aromatic heterocycles. The number of ether oxygens (including phenoxy) is 2. The maximum atomic E-state index is 12.5. The number of hydrogen-bond acceptors (Lipinski definition) is 4. The highest BCUT2D eigenvalue weighted by molar-refractivity contribution is 6.15. The van der Waals surface area contributed by atoms with Crippen molar-refractivity contribution in [2.45, 2.75) is 6.92 Å². The van der Waals surface area contributed by atoms with Crippen molar-refractivity contribution in [1.29, 1.82) is 0 Å². The van der Waals surface area contributed by atoms with Crippen LogP contribution < -0.4 is 14.9 Å². The lowest BCUT2D eigenvalue weighted by Gasteiger charge is -2.11. The zero-order valence-electron chi connectivity index (χ0n) is 15.8. The van der Waals surface area contributed by atoms with Gasteiger partial charge in [-0.25, -0.2) is 5.43 Å². The molecule has 4 aromatic carbocycles. The SMILES string of the molecule is Cc1c2ccccc2c(/C=N\NC(=O)c2ccc3c(c2)OCO3)c2ccccc12. The van der Waals surface area contributed by atoms with Crippen LogP contribution in [0.2, 0.25) is 0 Å². The molecule has 1 N–H and O–H groups in total. The summed E-state index contributed by atoms with van der Waals surface area (Å²) < 4.78 is 10.6. The number of benzene rings is 4. The summed E-state index contributed by atoms with van der Waals surface area (Å²) in [7, 11) is 0. The van der Waals surface area contributed by atoms with Gasteiger partial charge in [0.1, 0.15) is 0 Å². The van der Waals surface area contributed by atoms with Crippen LogP contribution >= 0.6 is 0 Å². The third kappa shape index (κ3) is 2.97. The number of carbonyl (C=O) groups excluding carboxylic acids is 1. The molecule has 4 aromatic rings. The predicted octanol–water partition coefficient (Wildman–Crippen LogP) is 4.79. The van der Waals surface area contributed by atoms with Gasteiger partial charge in [0, 0.05) is 11.1 Å². The molecule has 0 bridgehead atoms. The average molecular weight is 382 g/mol. The number of nitrogens with zero attached hydrogens (tertiary/aromatic N) is 1. The molecule has 5 heteroatoms. The number of aryl methyl sites for hydroxylation is 1. The molecule has 142 valence electrons. The molecule has 0 radical (unpaired) electrons. The molecule has 5 rings (SSSR count). The van der Waals surface area contributed by atoms with Crippen LogP contribution in [0.1, 0.15) is 21.5 Å². The van der Waals surface area contributed by atoms with Crippen molar-refractivity contribution >= 4 is 33.7 Å². The lowest BCUT2D eigenvalue weighted by Crippen LogP contribution is -2.17. The standard InChI is InChI=1S/C24H18N2O3/c1-15-17-6-2-4-8-19(17)21(20-9-5-3-7-18(15)20)13-25-26-24(27)16-10-11-22-23(12-16)29-14-28-22/h2-13H,14H2,1H3,(H,26,27)/b25-13-. The van der Waals surface area contributed by atoms with E-state index < -0.39 is 0 Å². The molecular weight excluding hydrogens is 364 g/mol. The van der Waals surface area contributed by atoms with Crippen LogP contribution in [-0.4, -0.2) is 18.9 Å². The van der Waals surface area contributed by atoms with Crippen LogP contribution in [0.5, 0.6) is 11.5 Å². The molecule has 0 atom stereocenters. The number of fused-ring (bicyclic) bond motifs is 3. The number of amides is 1. The van der Waals surface area contributed by atoms with Crippen LogP contribution in [0.25, 0.3) is 21.5 Å². The van der Waals surface area contributed by atoms with Gasteiger partial charge in [-0.3, -0.25) is 4.79 Å². The van der Waals surface area contributed by atoms with Gasteiger partial charge in [0.05, 0.1) is 6.21 Å². The first kappa shape index (κ1) is 17.3. The van der Waals surface area contributed by atoms with Crippen molar-refractivity contribution in [2.75, 3.05) is 6.79 Å². The van der Waals surface area contributed by atoms with Gasteiger partial charge in [0.2, 0.25) is 6.79 Å². The Morgan fingerprint density at radius 2 is 1.52 bits per heavy atom. The van der Waals surface area contributed by atoms with Gasteiger partial charge in [-0.2, -0.15) is 5.10 Å². The predicted molar refractivity (Wildman–Crippen MR) is 114 cm³/mol. The Hall–Kier alpha value is -3.86. The fraction of sp³-hybridized carbons (Fsp3) is 0.0833. The highest BCUT2D eigenvalue weighted by Gasteiger charge is 2.16. The number of nitrogens with one attached hydrogen (secondary N) is 1. The van der Waals surface area contributed by atoms with E-state index in [1.54, 1.807) is 24.4 Å². The Kier molecular flexibility index (Phi) is 4.13. The molecule has 5 nitrogen and oxygen atoms in total. The Bertz CT molecular complexity index is 1240. The first-order valence-electron chi connectivity index (χ1n) is 9.35. The molecule has 1 heterocycles. The van der Waals surface area contributed by atoms with Gasteiger partial charge in [-0.15, -0.1) is 0 Å². The maximum absolute atomic E-state index is 12.5. The summed E-state index contributed by atoms with van der Waals surface area (Å²) in [5.41, 5.74) is 5.29. The smallest absolute Gasteiger partial charge is 0.271 e. The van der Waals surface area contributed by atoms with E-state index >= 15 is 0 Å². The van der Waals surface area contributed by atoms with Crippen LogP contribution in [-0.2, 0) is 0 Å². The van der Waals surface area contributed by atoms with Crippen molar-refractivity contribution in [3.05, 3.63) is 83.4 Å². The molecule has 1 aliphatic heterocycles. The molecule has 0 unspecified atom stereocenters. The minimum Gasteiger partial charge on any atom is -0.454 e. The Morgan fingerprint density at radius 3 is 2.21 bits per heavy atom. The molecule has 0 fully saturated rings. The van der Waals surface area contributed by atoms with E-state index in [1.807, 2.05) is 24.3 Å². The van der Waals surface area contributed by atoms with E-state index in [-0.39, 0.29) is 12.7 Å². The van der Waals surface area contributed by atoms with Crippen LogP contribution in [0.15, 0.2) is 71.8 Å². The van der Waals surface area contributed by atoms with E-state index in [4.69, 9.17) is 9.47 Å². The van der Waals surface area contributed by atoms with Crippen molar-refractivity contribution in [2.24, 2.45) is 5.10 Å². The van der Waals surface area contributed by atoms with E-state index in [2.05, 4.69) is 41.7 Å². The summed E-state index contributed by atoms with van der Waals surface area (Å²) in [4.78, 5) is 12.5. The van der Waals surface area contributed by atoms with E-state index in [0.717, 1.165) is 16.3 Å². The minimum atomic E-state index is -0.305. The molecule has 0 saturated carbocycles. The van der Waals surface area contributed by atoms with Crippen molar-refractivity contribution in [3.63, 3.8) is 0 Å². The zero-order chi connectivity index (χ0) is 19.8. The van der Waals surface area contributed by atoms with Crippen LogP contribution in [0, 0.1) is 6.92 Å². The second-order valence-corrected chi connectivity index (χ2v) is 6.90. The molecule has 29 heavy (non-hydrogen) atoms. The van der Waals surface area contributed by atoms with E-state index in [0.29, 0.717) is 17.1 Å². The highest BCUT2D eigenvalue weighted by Crippen LogP contribution is 2.33. The first-order chi connectivity index (χ1) is 14.2. The summed E-state index contributed by atoms with van der Waals surface area (Å²) in [5, 5.41) is 8.80. The first-order valence-corrected chi connectivity index (χ1v) is 9.35. The lowest BCUT2D eigenvalue weighted by atomic mass is 9.93. The summed E-state index contributed by atoms with van der Waals surface area (Å²) in [5.74, 6) is 0.903. The van der Waals surface area contributed by atoms with E-state index in [9.17, 15) is 4.79 Å². The van der Waals surface area contributed by atoms with Gasteiger partial charge in [-0.05, 0) is 52.2 Å². The van der Waals surface area contributed by atoms with Crippen molar-refractivity contribution in [1.82, 2.24) is 5.43 Å². The van der Waals surface area contributed by atoms with Gasteiger partial charge in [0.25, 0.3) is 5.91 Å². The van der Waals surface area contributed by atoms with Gasteiger partial charge in [0.15, 0.2) is 11.5 Å². The largest absolute Gasteiger partial charge is 0.454 e. The monoisotopic (exact) mass is 382 g/mol. The van der Waals surface area contributed by atoms with Crippen LogP contribution in [0.3, 0.4) is 0 Å². The fourth-order valence-corrected chi connectivity index (χ4v) is 3.78. The number of hydrazone groups is 1. The van der Waals surface area contributed by atoms with Crippen molar-refractivity contribution < 1.29 is 14.3 Å². The number of rotatable bonds is 3. The third-order valence-corrected chi connectivity index (χ3v) is 5.24. The highest BCUT2D eigenvalue weighted by atomic mass is 16.7. The Balaban J connectivity index is 1.50. The van der Waals surface area contributed by atoms with Crippen molar-refractivity contribution in [3.8, 4) is 11.5 Å². The molecule has 0 aliphatic carbocycles. The van der Waals surface area contributed by atoms with E-state index in [1.165, 1.54) is 16.3 Å². The number of hydrogen-bond donors (Lipinski definition) is 1. The summed E-state index contributed by atoms with van der Waals surface area (Å²) in [6, 6.07) is 21.5. The maximum Gasteiger partial charge on any atom is 0.271 e. The zero-order valence-corrected chi connectivity index (χ0v) is 15.8. The fourth-order valence-electron chi connectivity index (χ4n) is 3.78. The summed E-state index contributed by atoms with van der Waals surface area (Å²) >= 11 is 0. The topological polar surface area (TPSA) is 59.9 Å². The molecular formula is C24H18N2O3. The average Bonchev–Trinajstić information content (AvgIpc) is 3.24. The lowest BCUT2D eigenvalue weighted by molar-refractivity contribution is 0.0954. The van der Waals surface area contributed by atoms with Crippen LogP contribution in [0.4, 0.5) is 0 Å². The Morgan fingerprint density at radius 1 is 0.897 bits per heavy atom. The molecule has 0 saturated heterocycles. The van der Waals surface area contributed by atoms with Gasteiger partial charge < -0.3 is 9.47 Å². The quantitative estimate of drug-likeness (QED) is 0.315. The second kappa shape index (κ2) is 6.95.